The Balaban J connectivity index is 1.57. The van der Waals surface area contributed by atoms with Gasteiger partial charge in [-0.1, -0.05) is 43.2 Å². The van der Waals surface area contributed by atoms with Crippen LogP contribution in [-0.2, 0) is 16.6 Å². The number of benzene rings is 1. The van der Waals surface area contributed by atoms with Crippen LogP contribution in [0.15, 0.2) is 33.3 Å². The normalized spacial score (nSPS) is 11.6. The van der Waals surface area contributed by atoms with E-state index in [1.807, 2.05) is 45.0 Å². The predicted molar refractivity (Wildman–Crippen MR) is 99.0 cm³/mol. The van der Waals surface area contributed by atoms with Gasteiger partial charge in [0.15, 0.2) is 5.82 Å². The Hall–Kier alpha value is -3.03. The molecular weight excluding hydrogens is 346 g/mol. The molecule has 0 spiro atoms. The third-order valence-electron chi connectivity index (χ3n) is 3.90. The summed E-state index contributed by atoms with van der Waals surface area (Å²) in [5, 5.41) is 10.8. The predicted octanol–water partition coefficient (Wildman–Crippen LogP) is 3.69. The largest absolute Gasteiger partial charge is 0.339 e. The molecule has 0 atom stereocenters. The summed E-state index contributed by atoms with van der Waals surface area (Å²) in [5.74, 6) is 2.05. The first-order valence-electron chi connectivity index (χ1n) is 8.85. The fourth-order valence-corrected chi connectivity index (χ4v) is 2.47. The molecule has 0 bridgehead atoms. The maximum absolute atomic E-state index is 12.3. The molecule has 0 saturated carbocycles. The molecule has 0 fully saturated rings. The maximum Gasteiger partial charge on any atom is 0.226 e. The number of para-hydroxylation sites is 1. The second-order valence-electron chi connectivity index (χ2n) is 7.35. The van der Waals surface area contributed by atoms with Crippen LogP contribution < -0.4 is 5.32 Å². The quantitative estimate of drug-likeness (QED) is 0.706. The van der Waals surface area contributed by atoms with Crippen molar-refractivity contribution in [1.29, 1.82) is 0 Å². The Labute approximate surface area is 157 Å². The topological polar surface area (TPSA) is 107 Å². The average molecular weight is 369 g/mol. The molecule has 0 aliphatic rings. The number of hydrogen-bond acceptors (Lipinski definition) is 7. The smallest absolute Gasteiger partial charge is 0.226 e. The first kappa shape index (κ1) is 18.8. The molecule has 1 aromatic carbocycles. The molecule has 1 amide bonds. The van der Waals surface area contributed by atoms with Crippen LogP contribution in [0.2, 0.25) is 0 Å². The highest BCUT2D eigenvalue weighted by Crippen LogP contribution is 2.25. The number of amides is 1. The summed E-state index contributed by atoms with van der Waals surface area (Å²) in [7, 11) is 0. The van der Waals surface area contributed by atoms with E-state index in [1.54, 1.807) is 6.92 Å². The van der Waals surface area contributed by atoms with Gasteiger partial charge in [-0.15, -0.1) is 0 Å². The molecular formula is C19H23N5O3. The van der Waals surface area contributed by atoms with E-state index in [1.165, 1.54) is 0 Å². The lowest BCUT2D eigenvalue weighted by Crippen LogP contribution is -2.13. The Bertz CT molecular complexity index is 923. The molecule has 0 radical (unpaired) electrons. The van der Waals surface area contributed by atoms with Gasteiger partial charge in [0.2, 0.25) is 23.5 Å². The van der Waals surface area contributed by atoms with Crippen LogP contribution in [0, 0.1) is 6.92 Å². The summed E-state index contributed by atoms with van der Waals surface area (Å²) in [6.07, 6.45) is 1.51. The molecule has 8 nitrogen and oxygen atoms in total. The van der Waals surface area contributed by atoms with E-state index < -0.39 is 0 Å². The highest BCUT2D eigenvalue weighted by atomic mass is 16.5. The second-order valence-corrected chi connectivity index (χ2v) is 7.35. The molecule has 0 saturated heterocycles. The second kappa shape index (κ2) is 7.69. The van der Waals surface area contributed by atoms with Crippen LogP contribution >= 0.6 is 0 Å². The fraction of sp³-hybridized carbons (Fsp3) is 0.421. The zero-order valence-electron chi connectivity index (χ0n) is 15.9. The number of nitrogens with zero attached hydrogens (tertiary/aromatic N) is 4. The highest BCUT2D eigenvalue weighted by molar-refractivity contribution is 5.94. The number of hydrogen-bond donors (Lipinski definition) is 1. The van der Waals surface area contributed by atoms with Gasteiger partial charge in [-0.3, -0.25) is 4.79 Å². The van der Waals surface area contributed by atoms with E-state index in [2.05, 4.69) is 25.6 Å². The van der Waals surface area contributed by atoms with Crippen molar-refractivity contribution in [3.05, 3.63) is 41.9 Å². The van der Waals surface area contributed by atoms with Crippen molar-refractivity contribution in [3.8, 4) is 11.4 Å². The number of aromatic nitrogens is 4. The summed E-state index contributed by atoms with van der Waals surface area (Å²) >= 11 is 0. The van der Waals surface area contributed by atoms with Crippen molar-refractivity contribution in [2.24, 2.45) is 0 Å². The summed E-state index contributed by atoms with van der Waals surface area (Å²) in [5.41, 5.74) is 1.21. The Kier molecular flexibility index (Phi) is 5.34. The van der Waals surface area contributed by atoms with Crippen molar-refractivity contribution in [3.63, 3.8) is 0 Å². The molecule has 3 rings (SSSR count). The molecule has 2 heterocycles. The Morgan fingerprint density at radius 2 is 1.89 bits per heavy atom. The van der Waals surface area contributed by atoms with Crippen molar-refractivity contribution in [1.82, 2.24) is 20.3 Å². The fourth-order valence-electron chi connectivity index (χ4n) is 2.47. The number of aryl methyl sites for hydroxylation is 2. The van der Waals surface area contributed by atoms with Crippen LogP contribution in [-0.4, -0.2) is 26.2 Å². The van der Waals surface area contributed by atoms with Gasteiger partial charge in [0.1, 0.15) is 0 Å². The van der Waals surface area contributed by atoms with Gasteiger partial charge >= 0.3 is 0 Å². The molecule has 3 aromatic rings. The third kappa shape index (κ3) is 4.78. The van der Waals surface area contributed by atoms with Gasteiger partial charge in [0.25, 0.3) is 0 Å². The monoisotopic (exact) mass is 369 g/mol. The Morgan fingerprint density at radius 3 is 2.56 bits per heavy atom. The van der Waals surface area contributed by atoms with E-state index >= 15 is 0 Å². The van der Waals surface area contributed by atoms with Gasteiger partial charge in [0.05, 0.1) is 5.69 Å². The SMILES string of the molecule is Cc1nc(-c2ccccc2NC(=O)CCCc2nc(C(C)(C)C)no2)no1. The van der Waals surface area contributed by atoms with Crippen LogP contribution in [0.3, 0.4) is 0 Å². The maximum atomic E-state index is 12.3. The van der Waals surface area contributed by atoms with Crippen LogP contribution in [0.25, 0.3) is 11.4 Å². The van der Waals surface area contributed by atoms with Crippen LogP contribution in [0.4, 0.5) is 5.69 Å². The van der Waals surface area contributed by atoms with Crippen LogP contribution in [0.5, 0.6) is 0 Å². The van der Waals surface area contributed by atoms with E-state index in [9.17, 15) is 4.79 Å². The minimum absolute atomic E-state index is 0.0989. The van der Waals surface area contributed by atoms with E-state index in [-0.39, 0.29) is 11.3 Å². The summed E-state index contributed by atoms with van der Waals surface area (Å²) in [6.45, 7) is 7.80. The Morgan fingerprint density at radius 1 is 1.11 bits per heavy atom. The van der Waals surface area contributed by atoms with Crippen molar-refractivity contribution in [2.75, 3.05) is 5.32 Å². The summed E-state index contributed by atoms with van der Waals surface area (Å²) < 4.78 is 10.3. The number of anilines is 1. The van der Waals surface area contributed by atoms with Gasteiger partial charge in [-0.25, -0.2) is 0 Å². The van der Waals surface area contributed by atoms with E-state index in [0.717, 1.165) is 5.56 Å². The van der Waals surface area contributed by atoms with Crippen molar-refractivity contribution in [2.45, 2.75) is 52.4 Å². The van der Waals surface area contributed by atoms with Crippen molar-refractivity contribution < 1.29 is 13.8 Å². The van der Waals surface area contributed by atoms with E-state index in [4.69, 9.17) is 9.05 Å². The van der Waals surface area contributed by atoms with Gasteiger partial charge < -0.3 is 14.4 Å². The summed E-state index contributed by atoms with van der Waals surface area (Å²) in [4.78, 5) is 20.9. The first-order chi connectivity index (χ1) is 12.8. The van der Waals surface area contributed by atoms with Crippen molar-refractivity contribution >= 4 is 11.6 Å². The molecule has 1 N–H and O–H groups in total. The minimum atomic E-state index is -0.156. The molecule has 0 unspecified atom stereocenters. The summed E-state index contributed by atoms with van der Waals surface area (Å²) in [6, 6.07) is 7.36. The minimum Gasteiger partial charge on any atom is -0.339 e. The molecule has 142 valence electrons. The molecule has 0 aliphatic heterocycles. The number of rotatable bonds is 6. The van der Waals surface area contributed by atoms with Gasteiger partial charge in [-0.05, 0) is 18.6 Å². The van der Waals surface area contributed by atoms with E-state index in [0.29, 0.717) is 48.4 Å². The third-order valence-corrected chi connectivity index (χ3v) is 3.90. The molecule has 0 aliphatic carbocycles. The molecule has 2 aromatic heterocycles. The zero-order valence-corrected chi connectivity index (χ0v) is 15.9. The number of nitrogens with one attached hydrogen (secondary N) is 1. The van der Waals surface area contributed by atoms with Gasteiger partial charge in [0, 0.05) is 30.7 Å². The zero-order chi connectivity index (χ0) is 19.4. The number of carbonyl (C=O) groups excluding carboxylic acids is 1. The molecule has 8 heteroatoms. The average Bonchev–Trinajstić information content (AvgIpc) is 3.24. The lowest BCUT2D eigenvalue weighted by atomic mass is 9.96. The highest BCUT2D eigenvalue weighted by Gasteiger charge is 2.21. The first-order valence-corrected chi connectivity index (χ1v) is 8.85. The lowest BCUT2D eigenvalue weighted by molar-refractivity contribution is -0.116. The number of carbonyl (C=O) groups is 1. The van der Waals surface area contributed by atoms with Crippen LogP contribution in [0.1, 0.15) is 51.2 Å². The lowest BCUT2D eigenvalue weighted by Gasteiger charge is -2.10. The van der Waals surface area contributed by atoms with Gasteiger partial charge in [-0.2, -0.15) is 9.97 Å². The standard InChI is InChI=1S/C19H23N5O3/c1-12-20-17(23-26-12)13-8-5-6-9-14(13)21-15(25)10-7-11-16-22-18(24-27-16)19(2,3)4/h5-6,8-9H,7,10-11H2,1-4H3,(H,21,25). The molecule has 27 heavy (non-hydrogen) atoms.